The lowest BCUT2D eigenvalue weighted by molar-refractivity contribution is -0.571. The lowest BCUT2D eigenvalue weighted by Crippen LogP contribution is -2.31. The molecule has 10 aromatic carbocycles. The molecule has 5 heteroatoms. The molecule has 0 bridgehead atoms. The summed E-state index contributed by atoms with van der Waals surface area (Å²) < 4.78 is 172. The molecule has 13 aromatic rings. The minimum absolute atomic E-state index is 0.0734. The zero-order valence-electron chi connectivity index (χ0n) is 66.1. The van der Waals surface area contributed by atoms with E-state index in [1.54, 1.807) is 21.3 Å². The van der Waals surface area contributed by atoms with Crippen LogP contribution >= 0.6 is 0 Å². The Morgan fingerprint density at radius 1 is 0.452 bits per heavy atom. The number of pyridine rings is 1. The number of nitrogens with zero attached hydrogens (tertiary/aromatic N) is 4. The van der Waals surface area contributed by atoms with Gasteiger partial charge in [-0.15, -0.1) is 0 Å². The van der Waals surface area contributed by atoms with Crippen molar-refractivity contribution in [2.45, 2.75) is 85.4 Å². The predicted molar refractivity (Wildman–Crippen MR) is 350 cm³/mol. The normalized spacial score (nSPS) is 15.3. The van der Waals surface area contributed by atoms with Gasteiger partial charge in [0.2, 0.25) is 0 Å². The molecule has 0 saturated carbocycles. The number of aryl methyl sites for hydroxylation is 1. The van der Waals surface area contributed by atoms with E-state index < -0.39 is 103 Å². The van der Waals surface area contributed by atoms with Gasteiger partial charge >= 0.3 is 0 Å². The Balaban J connectivity index is 1.06. The van der Waals surface area contributed by atoms with E-state index in [-0.39, 0.29) is 61.3 Å². The minimum Gasteiger partial charge on any atom is -0.458 e. The molecule has 84 heavy (non-hydrogen) atoms. The number of ether oxygens (including phenoxy) is 1. The molecule has 13 rings (SSSR count). The lowest BCUT2D eigenvalue weighted by atomic mass is 9.79. The zero-order chi connectivity index (χ0) is 73.6. The van der Waals surface area contributed by atoms with Crippen molar-refractivity contribution in [2.24, 2.45) is 0 Å². The number of para-hydroxylation sites is 1. The quantitative estimate of drug-likeness (QED) is 0.101. The van der Waals surface area contributed by atoms with Crippen molar-refractivity contribution < 1.29 is 34.0 Å². The molecular weight excluding hydrogens is 1020 g/mol. The highest BCUT2D eigenvalue weighted by atomic mass is 16.5. The molecule has 0 spiro atoms. The standard InChI is InChI=1S/C79H70N4O/c1-52-40-75(80-50-70(52)55-28-18-13-19-29-55)83-71-35-21-20-34-66(71)67-38-37-65(49-73(67)83)84-64-33-23-32-63(48-64)81-51-82(72-39-36-56(46-74(72)81)58-42-61(78(5,6)7)47-62(43-58)79(8,9)10)76-68(54-26-16-12-17-27-54)44-59(53-24-14-11-15-25-53)45-69(76)57-30-22-31-60(41-57)77(2,3)4/h11-50H,1-10H3/i1D3,11D,12D,13D,14D,15D,16D,17D,18D,19D,24D,25D,26D,27D,28D,29D. The van der Waals surface area contributed by atoms with Crippen molar-refractivity contribution in [3.63, 3.8) is 0 Å². The largest absolute Gasteiger partial charge is 0.458 e. The molecule has 3 heterocycles. The Morgan fingerprint density at radius 3 is 1.73 bits per heavy atom. The molecule has 0 saturated heterocycles. The van der Waals surface area contributed by atoms with Gasteiger partial charge in [0.25, 0.3) is 6.33 Å². The minimum atomic E-state index is -2.83. The summed E-state index contributed by atoms with van der Waals surface area (Å²) >= 11 is 0. The summed E-state index contributed by atoms with van der Waals surface area (Å²) in [5.41, 5.74) is 7.38. The van der Waals surface area contributed by atoms with Crippen LogP contribution in [-0.2, 0) is 16.2 Å². The first-order valence-electron chi connectivity index (χ1n) is 36.9. The number of fused-ring (bicyclic) bond motifs is 4. The molecule has 0 atom stereocenters. The Morgan fingerprint density at radius 2 is 1.05 bits per heavy atom. The third-order valence-electron chi connectivity index (χ3n) is 15.4. The summed E-state index contributed by atoms with van der Waals surface area (Å²) in [6.45, 7) is 16.4. The summed E-state index contributed by atoms with van der Waals surface area (Å²) in [6.07, 6.45) is 4.93. The first-order valence-corrected chi connectivity index (χ1v) is 27.9. The number of hydrogen-bond donors (Lipinski definition) is 0. The molecule has 0 unspecified atom stereocenters. The molecule has 0 fully saturated rings. The van der Waals surface area contributed by atoms with Gasteiger partial charge in [0, 0.05) is 32.7 Å². The molecule has 0 aliphatic rings. The third-order valence-corrected chi connectivity index (χ3v) is 15.4. The second kappa shape index (κ2) is 21.0. The topological polar surface area (TPSA) is 35.9 Å². The molecule has 5 nitrogen and oxygen atoms in total. The van der Waals surface area contributed by atoms with Crippen molar-refractivity contribution in [1.29, 1.82) is 0 Å². The molecule has 3 aromatic heterocycles. The van der Waals surface area contributed by atoms with Crippen LogP contribution in [0.2, 0.25) is 0 Å². The summed E-state index contributed by atoms with van der Waals surface area (Å²) in [5.74, 6) is 0.911. The number of hydrogen-bond acceptors (Lipinski definition) is 2. The second-order valence-corrected chi connectivity index (χ2v) is 24.2. The van der Waals surface area contributed by atoms with E-state index in [1.807, 2.05) is 102 Å². The van der Waals surface area contributed by atoms with Crippen LogP contribution in [0.25, 0.3) is 106 Å². The lowest BCUT2D eigenvalue weighted by Gasteiger charge is -2.26. The van der Waals surface area contributed by atoms with Crippen LogP contribution in [0.4, 0.5) is 0 Å². The van der Waals surface area contributed by atoms with Crippen LogP contribution in [0.5, 0.6) is 11.5 Å². The maximum Gasteiger partial charge on any atom is 0.269 e. The van der Waals surface area contributed by atoms with E-state index in [2.05, 4.69) is 92.9 Å². The molecule has 0 aliphatic heterocycles. The molecule has 0 amide bonds. The van der Waals surface area contributed by atoms with Crippen LogP contribution < -0.4 is 9.30 Å². The molecule has 0 aliphatic carbocycles. The van der Waals surface area contributed by atoms with Crippen LogP contribution in [0.1, 0.15) is 109 Å². The number of aromatic nitrogens is 4. The van der Waals surface area contributed by atoms with E-state index in [1.165, 1.54) is 18.3 Å². The number of rotatable bonds is 10. The van der Waals surface area contributed by atoms with Gasteiger partial charge < -0.3 is 4.74 Å². The SMILES string of the molecule is [2H]c1c([2H])c([2H])c(-c2cc(-c3cccc(C(C)(C)C)c3)c(-[n+]3[c-]n(-c4cccc(Oc5ccc6c7ccccc7n(-c7cc(C([2H])([2H])[2H])c(-c8c([2H])c([2H])c([2H])c([2H])c8[2H])cn7)c6c5)c4)c4cc(-c5cc(C(C)(C)C)cc(C(C)(C)C)c5)ccc43)c(-c3c([2H])c([2H])c([2H])c([2H])c3[2H])c2)c([2H])c1[2H]. The van der Waals surface area contributed by atoms with Gasteiger partial charge in [0.1, 0.15) is 17.3 Å². The fourth-order valence-corrected chi connectivity index (χ4v) is 10.9. The first-order chi connectivity index (χ1) is 47.8. The van der Waals surface area contributed by atoms with E-state index >= 15 is 0 Å². The Bertz CT molecular complexity index is 5570. The Hall–Kier alpha value is -9.58. The second-order valence-electron chi connectivity index (χ2n) is 24.2. The summed E-state index contributed by atoms with van der Waals surface area (Å²) in [7, 11) is 0. The van der Waals surface area contributed by atoms with Crippen molar-refractivity contribution in [3.05, 3.63) is 271 Å². The monoisotopic (exact) mass is 1110 g/mol. The van der Waals surface area contributed by atoms with Gasteiger partial charge in [-0.2, -0.15) is 0 Å². The number of imidazole rings is 1. The van der Waals surface area contributed by atoms with Crippen molar-refractivity contribution in [1.82, 2.24) is 14.1 Å². The van der Waals surface area contributed by atoms with Crippen molar-refractivity contribution >= 4 is 32.8 Å². The van der Waals surface area contributed by atoms with Crippen LogP contribution in [0, 0.1) is 13.2 Å². The zero-order valence-corrected chi connectivity index (χ0v) is 48.1. The summed E-state index contributed by atoms with van der Waals surface area (Å²) in [6, 6.07) is 36.7. The fourth-order valence-electron chi connectivity index (χ4n) is 10.9. The van der Waals surface area contributed by atoms with Gasteiger partial charge in [0.05, 0.1) is 54.0 Å². The Kier molecular flexibility index (Phi) is 9.20. The third kappa shape index (κ3) is 10.2. The smallest absolute Gasteiger partial charge is 0.269 e. The fraction of sp³-hybridized carbons (Fsp3) is 0.165. The average Bonchev–Trinajstić information content (AvgIpc) is 1.27. The first kappa shape index (κ1) is 36.8. The molecule has 412 valence electrons. The molecule has 0 N–H and O–H groups in total. The van der Waals surface area contributed by atoms with Gasteiger partial charge in [0.15, 0.2) is 0 Å². The van der Waals surface area contributed by atoms with E-state index in [4.69, 9.17) is 28.9 Å². The number of benzene rings is 10. The van der Waals surface area contributed by atoms with E-state index in [0.717, 1.165) is 38.6 Å². The van der Waals surface area contributed by atoms with Crippen LogP contribution in [0.15, 0.2) is 242 Å². The maximum absolute atomic E-state index is 9.65. The van der Waals surface area contributed by atoms with Crippen LogP contribution in [-0.4, -0.2) is 14.1 Å². The predicted octanol–water partition coefficient (Wildman–Crippen LogP) is 20.5. The van der Waals surface area contributed by atoms with Gasteiger partial charge in [-0.1, -0.05) is 232 Å². The van der Waals surface area contributed by atoms with E-state index in [0.29, 0.717) is 50.4 Å². The average molecular weight is 1110 g/mol. The van der Waals surface area contributed by atoms with Crippen molar-refractivity contribution in [2.75, 3.05) is 0 Å². The highest BCUT2D eigenvalue weighted by molar-refractivity contribution is 6.09. The highest BCUT2D eigenvalue weighted by Gasteiger charge is 2.26. The van der Waals surface area contributed by atoms with Gasteiger partial charge in [-0.05, 0) is 156 Å². The van der Waals surface area contributed by atoms with Crippen molar-refractivity contribution in [3.8, 4) is 84.3 Å². The molecule has 0 radical (unpaired) electrons. The van der Waals surface area contributed by atoms with Crippen LogP contribution in [0.3, 0.4) is 0 Å². The molecular formula is C79H70N4O. The Labute approximate surface area is 520 Å². The van der Waals surface area contributed by atoms with Gasteiger partial charge in [-0.25, -0.2) is 4.98 Å². The summed E-state index contributed by atoms with van der Waals surface area (Å²) in [4.78, 5) is 4.76. The van der Waals surface area contributed by atoms with Gasteiger partial charge in [-0.3, -0.25) is 13.7 Å². The van der Waals surface area contributed by atoms with E-state index in [9.17, 15) is 5.48 Å². The highest BCUT2D eigenvalue weighted by Crippen LogP contribution is 2.42. The maximum atomic E-state index is 9.65. The summed E-state index contributed by atoms with van der Waals surface area (Å²) in [5, 5.41) is 1.57.